The van der Waals surface area contributed by atoms with E-state index in [1.54, 1.807) is 0 Å². The highest BCUT2D eigenvalue weighted by Gasteiger charge is 2.04. The molecule has 0 heterocycles. The molecule has 0 atom stereocenters. The number of benzene rings is 2. The Morgan fingerprint density at radius 1 is 0.950 bits per heavy atom. The number of carbonyl (C=O) groups is 1. The van der Waals surface area contributed by atoms with Crippen LogP contribution in [0.2, 0.25) is 0 Å². The van der Waals surface area contributed by atoms with Gasteiger partial charge in [0.2, 0.25) is 0 Å². The molecular weight excluding hydrogens is 246 g/mol. The Morgan fingerprint density at radius 3 is 2.30 bits per heavy atom. The predicted molar refractivity (Wildman–Crippen MR) is 82.9 cm³/mol. The SMILES string of the molecule is CCc1ccc(C(=O)NCCCc2ccccc2)cc1. The van der Waals surface area contributed by atoms with Crippen molar-refractivity contribution < 1.29 is 4.79 Å². The van der Waals surface area contributed by atoms with E-state index in [1.807, 2.05) is 42.5 Å². The van der Waals surface area contributed by atoms with Crippen molar-refractivity contribution >= 4 is 5.91 Å². The summed E-state index contributed by atoms with van der Waals surface area (Å²) in [6.07, 6.45) is 2.96. The zero-order valence-electron chi connectivity index (χ0n) is 11.9. The van der Waals surface area contributed by atoms with Gasteiger partial charge in [-0.15, -0.1) is 0 Å². The van der Waals surface area contributed by atoms with Gasteiger partial charge in [-0.1, -0.05) is 49.4 Å². The molecule has 2 aromatic rings. The van der Waals surface area contributed by atoms with Crippen LogP contribution in [0.15, 0.2) is 54.6 Å². The van der Waals surface area contributed by atoms with E-state index in [0.29, 0.717) is 6.54 Å². The fourth-order valence-corrected chi connectivity index (χ4v) is 2.13. The maximum atomic E-state index is 11.9. The Bertz CT molecular complexity index is 531. The molecule has 0 aliphatic carbocycles. The summed E-state index contributed by atoms with van der Waals surface area (Å²) in [4.78, 5) is 11.9. The monoisotopic (exact) mass is 267 g/mol. The molecular formula is C18H21NO. The Hall–Kier alpha value is -2.09. The summed E-state index contributed by atoms with van der Waals surface area (Å²) >= 11 is 0. The minimum atomic E-state index is 0.0146. The van der Waals surface area contributed by atoms with Crippen LogP contribution in [-0.2, 0) is 12.8 Å². The van der Waals surface area contributed by atoms with Crippen molar-refractivity contribution in [3.05, 3.63) is 71.3 Å². The number of rotatable bonds is 6. The molecule has 0 saturated carbocycles. The first kappa shape index (κ1) is 14.3. The van der Waals surface area contributed by atoms with Crippen molar-refractivity contribution in [3.63, 3.8) is 0 Å². The van der Waals surface area contributed by atoms with Gasteiger partial charge in [0.15, 0.2) is 0 Å². The molecule has 0 unspecified atom stereocenters. The maximum Gasteiger partial charge on any atom is 0.251 e. The Kier molecular flexibility index (Phi) is 5.36. The Labute approximate surface area is 120 Å². The van der Waals surface area contributed by atoms with E-state index >= 15 is 0 Å². The van der Waals surface area contributed by atoms with E-state index in [2.05, 4.69) is 24.4 Å². The molecule has 2 nitrogen and oxygen atoms in total. The van der Waals surface area contributed by atoms with E-state index < -0.39 is 0 Å². The van der Waals surface area contributed by atoms with Crippen molar-refractivity contribution in [1.82, 2.24) is 5.32 Å². The third-order valence-corrected chi connectivity index (χ3v) is 3.39. The molecule has 0 saturated heterocycles. The fourth-order valence-electron chi connectivity index (χ4n) is 2.13. The number of nitrogens with one attached hydrogen (secondary N) is 1. The van der Waals surface area contributed by atoms with E-state index in [4.69, 9.17) is 0 Å². The topological polar surface area (TPSA) is 29.1 Å². The first-order chi connectivity index (χ1) is 9.79. The van der Waals surface area contributed by atoms with Crippen LogP contribution in [0, 0.1) is 0 Å². The molecule has 0 radical (unpaired) electrons. The minimum Gasteiger partial charge on any atom is -0.352 e. The van der Waals surface area contributed by atoms with E-state index in [-0.39, 0.29) is 5.91 Å². The summed E-state index contributed by atoms with van der Waals surface area (Å²) in [5.41, 5.74) is 3.31. The molecule has 0 aliphatic rings. The summed E-state index contributed by atoms with van der Waals surface area (Å²) < 4.78 is 0. The van der Waals surface area contributed by atoms with Crippen molar-refractivity contribution in [2.45, 2.75) is 26.2 Å². The zero-order valence-corrected chi connectivity index (χ0v) is 11.9. The lowest BCUT2D eigenvalue weighted by Crippen LogP contribution is -2.24. The maximum absolute atomic E-state index is 11.9. The normalized spacial score (nSPS) is 10.2. The number of aryl methyl sites for hydroxylation is 2. The van der Waals surface area contributed by atoms with Crippen LogP contribution >= 0.6 is 0 Å². The lowest BCUT2D eigenvalue weighted by Gasteiger charge is -2.06. The molecule has 1 amide bonds. The van der Waals surface area contributed by atoms with Crippen LogP contribution in [0.3, 0.4) is 0 Å². The van der Waals surface area contributed by atoms with Gasteiger partial charge in [-0.3, -0.25) is 4.79 Å². The van der Waals surface area contributed by atoms with Gasteiger partial charge in [0.05, 0.1) is 0 Å². The van der Waals surface area contributed by atoms with Crippen molar-refractivity contribution in [3.8, 4) is 0 Å². The second-order valence-electron chi connectivity index (χ2n) is 4.90. The van der Waals surface area contributed by atoms with Gasteiger partial charge in [0.25, 0.3) is 5.91 Å². The lowest BCUT2D eigenvalue weighted by atomic mass is 10.1. The molecule has 0 aromatic heterocycles. The van der Waals surface area contributed by atoms with Gasteiger partial charge >= 0.3 is 0 Å². The van der Waals surface area contributed by atoms with Crippen LogP contribution in [0.1, 0.15) is 34.8 Å². The van der Waals surface area contributed by atoms with Crippen molar-refractivity contribution in [2.24, 2.45) is 0 Å². The first-order valence-electron chi connectivity index (χ1n) is 7.20. The summed E-state index contributed by atoms with van der Waals surface area (Å²) in [5, 5.41) is 2.97. The standard InChI is InChI=1S/C18H21NO/c1-2-15-10-12-17(13-11-15)18(20)19-14-6-9-16-7-4-3-5-8-16/h3-5,7-8,10-13H,2,6,9,14H2,1H3,(H,19,20). The number of carbonyl (C=O) groups excluding carboxylic acids is 1. The summed E-state index contributed by atoms with van der Waals surface area (Å²) in [6, 6.07) is 18.2. The Morgan fingerprint density at radius 2 is 1.65 bits per heavy atom. The van der Waals surface area contributed by atoms with Gasteiger partial charge in [0.1, 0.15) is 0 Å². The van der Waals surface area contributed by atoms with Crippen molar-refractivity contribution in [2.75, 3.05) is 6.54 Å². The zero-order chi connectivity index (χ0) is 14.2. The summed E-state index contributed by atoms with van der Waals surface area (Å²) in [6.45, 7) is 2.82. The van der Waals surface area contributed by atoms with Gasteiger partial charge < -0.3 is 5.32 Å². The number of hydrogen-bond donors (Lipinski definition) is 1. The van der Waals surface area contributed by atoms with Crippen LogP contribution < -0.4 is 5.32 Å². The van der Waals surface area contributed by atoms with E-state index in [1.165, 1.54) is 11.1 Å². The highest BCUT2D eigenvalue weighted by molar-refractivity contribution is 5.94. The molecule has 0 bridgehead atoms. The minimum absolute atomic E-state index is 0.0146. The van der Waals surface area contributed by atoms with Gasteiger partial charge in [-0.05, 0) is 42.5 Å². The predicted octanol–water partition coefficient (Wildman–Crippen LogP) is 3.61. The van der Waals surface area contributed by atoms with Crippen LogP contribution in [0.5, 0.6) is 0 Å². The van der Waals surface area contributed by atoms with E-state index in [9.17, 15) is 4.79 Å². The quantitative estimate of drug-likeness (QED) is 0.796. The molecule has 0 fully saturated rings. The van der Waals surface area contributed by atoms with Gasteiger partial charge in [0, 0.05) is 12.1 Å². The molecule has 0 spiro atoms. The third-order valence-electron chi connectivity index (χ3n) is 3.39. The number of amides is 1. The average molecular weight is 267 g/mol. The second kappa shape index (κ2) is 7.49. The third kappa shape index (κ3) is 4.23. The smallest absolute Gasteiger partial charge is 0.251 e. The molecule has 2 aromatic carbocycles. The van der Waals surface area contributed by atoms with Gasteiger partial charge in [-0.25, -0.2) is 0 Å². The molecule has 2 heteroatoms. The van der Waals surface area contributed by atoms with Crippen LogP contribution in [-0.4, -0.2) is 12.5 Å². The van der Waals surface area contributed by atoms with Crippen molar-refractivity contribution in [1.29, 1.82) is 0 Å². The highest BCUT2D eigenvalue weighted by atomic mass is 16.1. The van der Waals surface area contributed by atoms with Gasteiger partial charge in [-0.2, -0.15) is 0 Å². The largest absolute Gasteiger partial charge is 0.352 e. The molecule has 0 aliphatic heterocycles. The molecule has 104 valence electrons. The first-order valence-corrected chi connectivity index (χ1v) is 7.20. The average Bonchev–Trinajstić information content (AvgIpc) is 2.52. The van der Waals surface area contributed by atoms with E-state index in [0.717, 1.165) is 24.8 Å². The molecule has 2 rings (SSSR count). The number of hydrogen-bond acceptors (Lipinski definition) is 1. The summed E-state index contributed by atoms with van der Waals surface area (Å²) in [5.74, 6) is 0.0146. The summed E-state index contributed by atoms with van der Waals surface area (Å²) in [7, 11) is 0. The molecule has 20 heavy (non-hydrogen) atoms. The van der Waals surface area contributed by atoms with Crippen LogP contribution in [0.4, 0.5) is 0 Å². The second-order valence-corrected chi connectivity index (χ2v) is 4.90. The fraction of sp³-hybridized carbons (Fsp3) is 0.278. The lowest BCUT2D eigenvalue weighted by molar-refractivity contribution is 0.0953. The molecule has 1 N–H and O–H groups in total. The van der Waals surface area contributed by atoms with Crippen LogP contribution in [0.25, 0.3) is 0 Å². The highest BCUT2D eigenvalue weighted by Crippen LogP contribution is 2.05. The Balaban J connectivity index is 1.74.